The number of carbonyl (C=O) groups is 1. The minimum atomic E-state index is 0.0316. The molecule has 18 heavy (non-hydrogen) atoms. The van der Waals surface area contributed by atoms with Crippen LogP contribution in [0.15, 0.2) is 54.5 Å². The maximum Gasteiger partial charge on any atom is 0.154 e. The van der Waals surface area contributed by atoms with E-state index in [0.717, 1.165) is 11.3 Å². The van der Waals surface area contributed by atoms with Gasteiger partial charge in [0.05, 0.1) is 0 Å². The van der Waals surface area contributed by atoms with Gasteiger partial charge in [-0.2, -0.15) is 0 Å². The predicted octanol–water partition coefficient (Wildman–Crippen LogP) is 3.09. The van der Waals surface area contributed by atoms with Gasteiger partial charge in [0, 0.05) is 30.7 Å². The van der Waals surface area contributed by atoms with Crippen molar-refractivity contribution >= 4 is 17.4 Å². The Hall–Kier alpha value is -1.87. The Morgan fingerprint density at radius 3 is 2.94 bits per heavy atom. The highest BCUT2D eigenvalue weighted by Gasteiger charge is 2.08. The molecule has 4 heteroatoms. The quantitative estimate of drug-likeness (QED) is 0.619. The molecular weight excluding hydrogens is 248 g/mol. The standard InChI is InChI=1S/C14H13ClN2O/c1-11(18)8-13-4-2-3-7-17(13)10-12-5-6-14(15)16-9-12/h2-9H,10H2,1H3/b13-8-. The predicted molar refractivity (Wildman–Crippen MR) is 71.8 cm³/mol. The molecule has 3 nitrogen and oxygen atoms in total. The first-order chi connectivity index (χ1) is 8.65. The summed E-state index contributed by atoms with van der Waals surface area (Å²) < 4.78 is 0. The molecule has 1 aliphatic heterocycles. The molecule has 0 fully saturated rings. The third-order valence-electron chi connectivity index (χ3n) is 2.47. The molecule has 1 aromatic rings. The lowest BCUT2D eigenvalue weighted by atomic mass is 10.2. The van der Waals surface area contributed by atoms with Crippen molar-refractivity contribution in [2.45, 2.75) is 13.5 Å². The molecule has 0 atom stereocenters. The Kier molecular flexibility index (Phi) is 3.95. The maximum absolute atomic E-state index is 11.2. The normalized spacial score (nSPS) is 16.3. The molecule has 0 bridgehead atoms. The third kappa shape index (κ3) is 3.31. The van der Waals surface area contributed by atoms with E-state index in [1.54, 1.807) is 25.3 Å². The van der Waals surface area contributed by atoms with Crippen LogP contribution in [0, 0.1) is 0 Å². The van der Waals surface area contributed by atoms with Crippen molar-refractivity contribution in [3.05, 3.63) is 65.2 Å². The summed E-state index contributed by atoms with van der Waals surface area (Å²) in [7, 11) is 0. The van der Waals surface area contributed by atoms with Gasteiger partial charge in [0.2, 0.25) is 0 Å². The van der Waals surface area contributed by atoms with Gasteiger partial charge >= 0.3 is 0 Å². The van der Waals surface area contributed by atoms with Gasteiger partial charge in [-0.3, -0.25) is 4.79 Å². The fourth-order valence-electron chi connectivity index (χ4n) is 1.67. The van der Waals surface area contributed by atoms with E-state index in [-0.39, 0.29) is 5.78 Å². The molecule has 92 valence electrons. The largest absolute Gasteiger partial charge is 0.343 e. The number of carbonyl (C=O) groups excluding carboxylic acids is 1. The number of hydrogen-bond donors (Lipinski definition) is 0. The SMILES string of the molecule is CC(=O)/C=C1/C=CC=CN1Cc1ccc(Cl)nc1. The lowest BCUT2D eigenvalue weighted by molar-refractivity contribution is -0.112. The number of nitrogens with zero attached hydrogens (tertiary/aromatic N) is 2. The summed E-state index contributed by atoms with van der Waals surface area (Å²) in [5.41, 5.74) is 1.91. The Morgan fingerprint density at radius 2 is 2.28 bits per heavy atom. The average molecular weight is 261 g/mol. The molecular formula is C14H13ClN2O. The van der Waals surface area contributed by atoms with E-state index >= 15 is 0 Å². The van der Waals surface area contributed by atoms with Gasteiger partial charge in [-0.05, 0) is 30.7 Å². The lowest BCUT2D eigenvalue weighted by Gasteiger charge is -2.23. The van der Waals surface area contributed by atoms with Crippen molar-refractivity contribution in [1.82, 2.24) is 9.88 Å². The monoisotopic (exact) mass is 260 g/mol. The highest BCUT2D eigenvalue weighted by molar-refractivity contribution is 6.29. The zero-order chi connectivity index (χ0) is 13.0. The number of ketones is 1. The summed E-state index contributed by atoms with van der Waals surface area (Å²) in [5, 5.41) is 0.479. The van der Waals surface area contributed by atoms with Crippen LogP contribution in [0.2, 0.25) is 5.15 Å². The lowest BCUT2D eigenvalue weighted by Crippen LogP contribution is -2.17. The molecule has 0 saturated heterocycles. The van der Waals surface area contributed by atoms with Gasteiger partial charge in [0.15, 0.2) is 5.78 Å². The average Bonchev–Trinajstić information content (AvgIpc) is 2.34. The molecule has 0 spiro atoms. The summed E-state index contributed by atoms with van der Waals surface area (Å²) in [6.45, 7) is 2.20. The van der Waals surface area contributed by atoms with Crippen LogP contribution in [0.3, 0.4) is 0 Å². The molecule has 0 aliphatic carbocycles. The van der Waals surface area contributed by atoms with Crippen molar-refractivity contribution in [3.8, 4) is 0 Å². The number of aromatic nitrogens is 1. The molecule has 0 N–H and O–H groups in total. The van der Waals surface area contributed by atoms with Crippen molar-refractivity contribution in [2.75, 3.05) is 0 Å². The molecule has 0 aromatic carbocycles. The molecule has 0 amide bonds. The third-order valence-corrected chi connectivity index (χ3v) is 2.69. The van der Waals surface area contributed by atoms with Crippen LogP contribution in [-0.4, -0.2) is 15.7 Å². The van der Waals surface area contributed by atoms with Crippen LogP contribution in [-0.2, 0) is 11.3 Å². The summed E-state index contributed by atoms with van der Waals surface area (Å²) in [5.74, 6) is 0.0316. The molecule has 1 aromatic heterocycles. The molecule has 0 unspecified atom stereocenters. The molecule has 0 radical (unpaired) electrons. The molecule has 2 rings (SSSR count). The summed E-state index contributed by atoms with van der Waals surface area (Å²) in [6.07, 6.45) is 11.0. The van der Waals surface area contributed by atoms with E-state index < -0.39 is 0 Å². The van der Waals surface area contributed by atoms with E-state index in [1.807, 2.05) is 35.4 Å². The minimum absolute atomic E-state index is 0.0316. The number of halogens is 1. The van der Waals surface area contributed by atoms with Crippen LogP contribution in [0.4, 0.5) is 0 Å². The summed E-state index contributed by atoms with van der Waals surface area (Å²) in [4.78, 5) is 17.2. The topological polar surface area (TPSA) is 33.2 Å². The summed E-state index contributed by atoms with van der Waals surface area (Å²) >= 11 is 5.75. The second kappa shape index (κ2) is 5.65. The van der Waals surface area contributed by atoms with Crippen LogP contribution in [0.5, 0.6) is 0 Å². The molecule has 2 heterocycles. The number of allylic oxidation sites excluding steroid dienone is 4. The summed E-state index contributed by atoms with van der Waals surface area (Å²) in [6, 6.07) is 3.68. The van der Waals surface area contributed by atoms with E-state index in [1.165, 1.54) is 0 Å². The van der Waals surface area contributed by atoms with Crippen LogP contribution >= 0.6 is 11.6 Å². The number of rotatable bonds is 3. The van der Waals surface area contributed by atoms with E-state index in [0.29, 0.717) is 11.7 Å². The highest BCUT2D eigenvalue weighted by atomic mass is 35.5. The van der Waals surface area contributed by atoms with Crippen LogP contribution < -0.4 is 0 Å². The fraction of sp³-hybridized carbons (Fsp3) is 0.143. The Balaban J connectivity index is 2.16. The first-order valence-electron chi connectivity index (χ1n) is 5.59. The smallest absolute Gasteiger partial charge is 0.154 e. The van der Waals surface area contributed by atoms with Gasteiger partial charge in [0.1, 0.15) is 5.15 Å². The van der Waals surface area contributed by atoms with Crippen LogP contribution in [0.1, 0.15) is 12.5 Å². The van der Waals surface area contributed by atoms with Gasteiger partial charge < -0.3 is 4.90 Å². The van der Waals surface area contributed by atoms with Crippen molar-refractivity contribution in [3.63, 3.8) is 0 Å². The van der Waals surface area contributed by atoms with E-state index in [9.17, 15) is 4.79 Å². The minimum Gasteiger partial charge on any atom is -0.343 e. The number of hydrogen-bond acceptors (Lipinski definition) is 3. The van der Waals surface area contributed by atoms with Gasteiger partial charge in [0.25, 0.3) is 0 Å². The second-order valence-electron chi connectivity index (χ2n) is 4.00. The first-order valence-corrected chi connectivity index (χ1v) is 5.97. The zero-order valence-electron chi connectivity index (χ0n) is 10.0. The Labute approximate surface area is 111 Å². The molecule has 0 saturated carbocycles. The van der Waals surface area contributed by atoms with Gasteiger partial charge in [-0.25, -0.2) is 4.98 Å². The Bertz CT molecular complexity index is 529. The van der Waals surface area contributed by atoms with Crippen LogP contribution in [0.25, 0.3) is 0 Å². The second-order valence-corrected chi connectivity index (χ2v) is 4.38. The van der Waals surface area contributed by atoms with Gasteiger partial charge in [-0.15, -0.1) is 0 Å². The van der Waals surface area contributed by atoms with E-state index in [4.69, 9.17) is 11.6 Å². The fourth-order valence-corrected chi connectivity index (χ4v) is 1.78. The number of pyridine rings is 1. The zero-order valence-corrected chi connectivity index (χ0v) is 10.8. The first kappa shape index (κ1) is 12.6. The molecule has 1 aliphatic rings. The van der Waals surface area contributed by atoms with Crippen molar-refractivity contribution in [1.29, 1.82) is 0 Å². The van der Waals surface area contributed by atoms with Crippen molar-refractivity contribution in [2.24, 2.45) is 0 Å². The Morgan fingerprint density at radius 1 is 1.44 bits per heavy atom. The van der Waals surface area contributed by atoms with Crippen molar-refractivity contribution < 1.29 is 4.79 Å². The van der Waals surface area contributed by atoms with E-state index in [2.05, 4.69) is 4.98 Å². The highest BCUT2D eigenvalue weighted by Crippen LogP contribution is 2.17. The maximum atomic E-state index is 11.2. The van der Waals surface area contributed by atoms with Gasteiger partial charge in [-0.1, -0.05) is 23.7 Å².